The Balaban J connectivity index is 1.90. The second-order valence-corrected chi connectivity index (χ2v) is 8.24. The molecule has 1 fully saturated rings. The second-order valence-electron chi connectivity index (χ2n) is 7.01. The van der Waals surface area contributed by atoms with Crippen molar-refractivity contribution in [2.45, 2.75) is 26.2 Å². The molecule has 0 heterocycles. The van der Waals surface area contributed by atoms with Gasteiger partial charge in [-0.1, -0.05) is 54.4 Å². The van der Waals surface area contributed by atoms with Crippen LogP contribution in [0.3, 0.4) is 0 Å². The molecule has 0 aromatic heterocycles. The molecule has 2 aromatic carbocycles. The average molecular weight is 451 g/mol. The highest BCUT2D eigenvalue weighted by Crippen LogP contribution is 2.37. The largest absolute Gasteiger partial charge is 0.489 e. The second kappa shape index (κ2) is 9.25. The Kier molecular flexibility index (Phi) is 6.94. The summed E-state index contributed by atoms with van der Waals surface area (Å²) in [7, 11) is 0. The van der Waals surface area contributed by atoms with Crippen LogP contribution < -0.4 is 10.5 Å². The summed E-state index contributed by atoms with van der Waals surface area (Å²) in [5.41, 5.74) is 9.27. The Morgan fingerprint density at radius 1 is 1.14 bits per heavy atom. The average Bonchev–Trinajstić information content (AvgIpc) is 3.52. The van der Waals surface area contributed by atoms with Gasteiger partial charge in [0.2, 0.25) is 0 Å². The number of hydrogen-bond acceptors (Lipinski definition) is 3. The Morgan fingerprint density at radius 3 is 2.34 bits per heavy atom. The highest BCUT2D eigenvalue weighted by atomic mass is 35.5. The maximum Gasteiger partial charge on any atom is 0.167 e. The number of carbonyl (C=O) groups is 1. The van der Waals surface area contributed by atoms with E-state index in [1.54, 1.807) is 30.3 Å². The van der Waals surface area contributed by atoms with Crippen molar-refractivity contribution >= 4 is 51.9 Å². The molecule has 1 aliphatic carbocycles. The fourth-order valence-electron chi connectivity index (χ4n) is 3.00. The summed E-state index contributed by atoms with van der Waals surface area (Å²) in [6.07, 6.45) is 2.51. The predicted octanol–water partition coefficient (Wildman–Crippen LogP) is 6.80. The molecule has 0 radical (unpaired) electrons. The molecular formula is C23H22Cl3NO2. The number of ketones is 1. The number of nitrogens with two attached hydrogens (primary N) is 1. The van der Waals surface area contributed by atoms with E-state index in [0.717, 1.165) is 30.4 Å². The fourth-order valence-corrected chi connectivity index (χ4v) is 3.90. The third-order valence-corrected chi connectivity index (χ3v) is 5.88. The Morgan fingerprint density at radius 2 is 1.79 bits per heavy atom. The molecule has 0 aliphatic heterocycles. The van der Waals surface area contributed by atoms with E-state index in [2.05, 4.69) is 6.58 Å². The lowest BCUT2D eigenvalue weighted by Gasteiger charge is -2.15. The standard InChI is InChI=1S/C23H22Cl3NO2/c1-3-13(2)16-10-9-15(11-20(16)26)29-12-17(23(28)14-7-8-14)22(27)21-18(24)5-4-6-19(21)25/h4-6,9-11,14H,2-3,7-8,12,27H2,1H3. The van der Waals surface area contributed by atoms with Gasteiger partial charge in [-0.15, -0.1) is 0 Å². The van der Waals surface area contributed by atoms with E-state index in [9.17, 15) is 4.79 Å². The SMILES string of the molecule is C=C(CC)c1ccc(OCC(C(=O)C2CC2)=C(N)c2c(Cl)cccc2Cl)cc1Cl. The zero-order valence-electron chi connectivity index (χ0n) is 16.1. The number of halogens is 3. The van der Waals surface area contributed by atoms with Crippen molar-refractivity contribution < 1.29 is 9.53 Å². The number of benzene rings is 2. The summed E-state index contributed by atoms with van der Waals surface area (Å²) in [5, 5.41) is 1.33. The molecule has 3 nitrogen and oxygen atoms in total. The van der Waals surface area contributed by atoms with Crippen LogP contribution in [0.4, 0.5) is 0 Å². The molecule has 1 aliphatic rings. The van der Waals surface area contributed by atoms with Crippen LogP contribution >= 0.6 is 34.8 Å². The number of allylic oxidation sites excluding steroid dienone is 1. The van der Waals surface area contributed by atoms with E-state index in [-0.39, 0.29) is 24.0 Å². The number of carbonyl (C=O) groups excluding carboxylic acids is 1. The molecule has 0 unspecified atom stereocenters. The van der Waals surface area contributed by atoms with Gasteiger partial charge in [0, 0.05) is 11.5 Å². The van der Waals surface area contributed by atoms with E-state index in [0.29, 0.717) is 32.0 Å². The first-order valence-corrected chi connectivity index (χ1v) is 10.5. The van der Waals surface area contributed by atoms with Gasteiger partial charge in [-0.05, 0) is 60.7 Å². The van der Waals surface area contributed by atoms with Gasteiger partial charge in [-0.2, -0.15) is 0 Å². The van der Waals surface area contributed by atoms with Crippen molar-refractivity contribution in [3.63, 3.8) is 0 Å². The minimum Gasteiger partial charge on any atom is -0.489 e. The maximum absolute atomic E-state index is 12.9. The summed E-state index contributed by atoms with van der Waals surface area (Å²) in [6, 6.07) is 10.5. The molecule has 6 heteroatoms. The van der Waals surface area contributed by atoms with Crippen LogP contribution in [0, 0.1) is 5.92 Å². The minimum absolute atomic E-state index is 0.00706. The lowest BCUT2D eigenvalue weighted by Crippen LogP contribution is -2.18. The van der Waals surface area contributed by atoms with Crippen molar-refractivity contribution in [2.24, 2.45) is 11.7 Å². The van der Waals surface area contributed by atoms with Gasteiger partial charge in [0.15, 0.2) is 5.78 Å². The molecule has 0 amide bonds. The highest BCUT2D eigenvalue weighted by molar-refractivity contribution is 6.37. The van der Waals surface area contributed by atoms with Crippen LogP contribution in [0.25, 0.3) is 11.3 Å². The summed E-state index contributed by atoms with van der Waals surface area (Å²) in [5.74, 6) is 0.495. The van der Waals surface area contributed by atoms with Crippen molar-refractivity contribution in [1.82, 2.24) is 0 Å². The van der Waals surface area contributed by atoms with Crippen LogP contribution in [0.1, 0.15) is 37.3 Å². The Bertz CT molecular complexity index is 973. The lowest BCUT2D eigenvalue weighted by atomic mass is 10.0. The summed E-state index contributed by atoms with van der Waals surface area (Å²) in [4.78, 5) is 12.9. The highest BCUT2D eigenvalue weighted by Gasteiger charge is 2.34. The zero-order valence-corrected chi connectivity index (χ0v) is 18.4. The van der Waals surface area contributed by atoms with Crippen LogP contribution in [-0.4, -0.2) is 12.4 Å². The van der Waals surface area contributed by atoms with E-state index in [1.807, 2.05) is 13.0 Å². The Labute approximate surface area is 186 Å². The molecule has 152 valence electrons. The fraction of sp³-hybridized carbons (Fsp3) is 0.261. The van der Waals surface area contributed by atoms with Crippen LogP contribution in [0.15, 0.2) is 48.6 Å². The van der Waals surface area contributed by atoms with Crippen LogP contribution in [0.5, 0.6) is 5.75 Å². The van der Waals surface area contributed by atoms with E-state index < -0.39 is 0 Å². The number of hydrogen-bond donors (Lipinski definition) is 1. The topological polar surface area (TPSA) is 52.3 Å². The maximum atomic E-state index is 12.9. The van der Waals surface area contributed by atoms with E-state index >= 15 is 0 Å². The lowest BCUT2D eigenvalue weighted by molar-refractivity contribution is -0.116. The molecule has 0 bridgehead atoms. The molecule has 2 N–H and O–H groups in total. The summed E-state index contributed by atoms with van der Waals surface area (Å²) in [6.45, 7) is 6.04. The van der Waals surface area contributed by atoms with Crippen molar-refractivity contribution in [3.05, 3.63) is 74.7 Å². The van der Waals surface area contributed by atoms with Gasteiger partial charge in [-0.25, -0.2) is 0 Å². The first-order valence-electron chi connectivity index (χ1n) is 9.41. The predicted molar refractivity (Wildman–Crippen MR) is 122 cm³/mol. The number of rotatable bonds is 8. The molecule has 0 atom stereocenters. The van der Waals surface area contributed by atoms with Crippen molar-refractivity contribution in [2.75, 3.05) is 6.61 Å². The normalized spacial score (nSPS) is 14.3. The molecule has 0 spiro atoms. The summed E-state index contributed by atoms with van der Waals surface area (Å²) >= 11 is 18.9. The van der Waals surface area contributed by atoms with Gasteiger partial charge in [-0.3, -0.25) is 4.79 Å². The van der Waals surface area contributed by atoms with E-state index in [4.69, 9.17) is 45.3 Å². The molecule has 0 saturated heterocycles. The first kappa shape index (κ1) is 21.8. The summed E-state index contributed by atoms with van der Waals surface area (Å²) < 4.78 is 5.88. The molecule has 3 rings (SSSR count). The zero-order chi connectivity index (χ0) is 21.1. The minimum atomic E-state index is -0.0273. The van der Waals surface area contributed by atoms with Crippen LogP contribution in [-0.2, 0) is 4.79 Å². The first-order chi connectivity index (χ1) is 13.8. The third-order valence-electron chi connectivity index (χ3n) is 4.93. The Hall–Kier alpha value is -1.94. The number of Topliss-reactive ketones (excluding diaryl/α,β-unsaturated/α-hetero) is 1. The van der Waals surface area contributed by atoms with Crippen LogP contribution in [0.2, 0.25) is 15.1 Å². The van der Waals surface area contributed by atoms with Crippen molar-refractivity contribution in [1.29, 1.82) is 0 Å². The van der Waals surface area contributed by atoms with Gasteiger partial charge in [0.1, 0.15) is 12.4 Å². The molecule has 29 heavy (non-hydrogen) atoms. The van der Waals surface area contributed by atoms with Gasteiger partial charge in [0.25, 0.3) is 0 Å². The van der Waals surface area contributed by atoms with Gasteiger partial charge >= 0.3 is 0 Å². The monoisotopic (exact) mass is 449 g/mol. The van der Waals surface area contributed by atoms with Crippen molar-refractivity contribution in [3.8, 4) is 5.75 Å². The molecule has 2 aromatic rings. The van der Waals surface area contributed by atoms with Gasteiger partial charge in [0.05, 0.1) is 26.3 Å². The van der Waals surface area contributed by atoms with Gasteiger partial charge < -0.3 is 10.5 Å². The smallest absolute Gasteiger partial charge is 0.167 e. The molecular weight excluding hydrogens is 429 g/mol. The molecule has 1 saturated carbocycles. The number of ether oxygens (including phenoxy) is 1. The quantitative estimate of drug-likeness (QED) is 0.450. The van der Waals surface area contributed by atoms with E-state index in [1.165, 1.54) is 0 Å². The third kappa shape index (κ3) is 4.98.